The van der Waals surface area contributed by atoms with Crippen molar-refractivity contribution in [1.29, 1.82) is 0 Å². The SMILES string of the molecule is C=C(C)c1cccc(C(F)(F)C2CCCC2)c1. The fraction of sp³-hybridized carbons (Fsp3) is 0.467. The highest BCUT2D eigenvalue weighted by atomic mass is 19.3. The lowest BCUT2D eigenvalue weighted by Crippen LogP contribution is -2.23. The van der Waals surface area contributed by atoms with E-state index < -0.39 is 11.8 Å². The fourth-order valence-electron chi connectivity index (χ4n) is 2.52. The average molecular weight is 236 g/mol. The van der Waals surface area contributed by atoms with Crippen molar-refractivity contribution in [3.63, 3.8) is 0 Å². The van der Waals surface area contributed by atoms with E-state index in [1.165, 1.54) is 6.07 Å². The minimum atomic E-state index is -2.69. The third-order valence-corrected chi connectivity index (χ3v) is 3.61. The topological polar surface area (TPSA) is 0 Å². The summed E-state index contributed by atoms with van der Waals surface area (Å²) in [5.41, 5.74) is 1.78. The summed E-state index contributed by atoms with van der Waals surface area (Å²) in [4.78, 5) is 0. The van der Waals surface area contributed by atoms with Gasteiger partial charge in [-0.15, -0.1) is 0 Å². The molecule has 0 bridgehead atoms. The third kappa shape index (κ3) is 2.41. The van der Waals surface area contributed by atoms with Gasteiger partial charge < -0.3 is 0 Å². The van der Waals surface area contributed by atoms with E-state index in [2.05, 4.69) is 6.58 Å². The molecule has 0 spiro atoms. The Hall–Kier alpha value is -1.18. The van der Waals surface area contributed by atoms with Crippen molar-refractivity contribution in [2.45, 2.75) is 38.5 Å². The van der Waals surface area contributed by atoms with E-state index >= 15 is 0 Å². The zero-order valence-electron chi connectivity index (χ0n) is 10.2. The van der Waals surface area contributed by atoms with Gasteiger partial charge in [0.1, 0.15) is 0 Å². The van der Waals surface area contributed by atoms with Crippen LogP contribution < -0.4 is 0 Å². The van der Waals surface area contributed by atoms with Crippen LogP contribution >= 0.6 is 0 Å². The normalized spacial score (nSPS) is 17.4. The van der Waals surface area contributed by atoms with Gasteiger partial charge in [-0.3, -0.25) is 0 Å². The highest BCUT2D eigenvalue weighted by Crippen LogP contribution is 2.44. The summed E-state index contributed by atoms with van der Waals surface area (Å²) in [6, 6.07) is 6.64. The van der Waals surface area contributed by atoms with Gasteiger partial charge in [0.05, 0.1) is 0 Å². The molecule has 0 nitrogen and oxygen atoms in total. The summed E-state index contributed by atoms with van der Waals surface area (Å²) in [6.45, 7) is 5.64. The van der Waals surface area contributed by atoms with E-state index in [1.54, 1.807) is 12.1 Å². The smallest absolute Gasteiger partial charge is 0.201 e. The Balaban J connectivity index is 2.31. The van der Waals surface area contributed by atoms with Crippen LogP contribution in [0, 0.1) is 5.92 Å². The number of hydrogen-bond acceptors (Lipinski definition) is 0. The largest absolute Gasteiger partial charge is 0.276 e. The maximum Gasteiger partial charge on any atom is 0.276 e. The Bertz CT molecular complexity index is 415. The van der Waals surface area contributed by atoms with Crippen molar-refractivity contribution in [2.24, 2.45) is 5.92 Å². The lowest BCUT2D eigenvalue weighted by molar-refractivity contribution is -0.0626. The van der Waals surface area contributed by atoms with Gasteiger partial charge in [0.2, 0.25) is 0 Å². The molecular weight excluding hydrogens is 218 g/mol. The van der Waals surface area contributed by atoms with Crippen molar-refractivity contribution in [3.8, 4) is 0 Å². The fourth-order valence-corrected chi connectivity index (χ4v) is 2.52. The molecule has 0 atom stereocenters. The molecule has 0 unspecified atom stereocenters. The Morgan fingerprint density at radius 2 is 1.94 bits per heavy atom. The van der Waals surface area contributed by atoms with E-state index in [0.29, 0.717) is 12.8 Å². The Morgan fingerprint density at radius 1 is 1.29 bits per heavy atom. The molecule has 0 N–H and O–H groups in total. The van der Waals surface area contributed by atoms with Gasteiger partial charge in [-0.2, -0.15) is 0 Å². The number of benzene rings is 1. The number of rotatable bonds is 3. The molecule has 0 heterocycles. The summed E-state index contributed by atoms with van der Waals surface area (Å²) in [5, 5.41) is 0. The molecule has 0 amide bonds. The molecule has 2 rings (SSSR count). The minimum absolute atomic E-state index is 0.143. The molecule has 0 aliphatic heterocycles. The van der Waals surface area contributed by atoms with Crippen LogP contribution in [0.25, 0.3) is 5.57 Å². The first kappa shape index (κ1) is 12.3. The van der Waals surface area contributed by atoms with Gasteiger partial charge in [0.15, 0.2) is 0 Å². The van der Waals surface area contributed by atoms with Crippen LogP contribution in [0.4, 0.5) is 8.78 Å². The first-order valence-electron chi connectivity index (χ1n) is 6.16. The number of alkyl halides is 2. The average Bonchev–Trinajstić information content (AvgIpc) is 2.83. The summed E-state index contributed by atoms with van der Waals surface area (Å²) in [6.07, 6.45) is 3.15. The summed E-state index contributed by atoms with van der Waals surface area (Å²) in [7, 11) is 0. The van der Waals surface area contributed by atoms with Crippen molar-refractivity contribution >= 4 is 5.57 Å². The van der Waals surface area contributed by atoms with E-state index in [-0.39, 0.29) is 5.56 Å². The van der Waals surface area contributed by atoms with E-state index in [4.69, 9.17) is 0 Å². The second-order valence-electron chi connectivity index (χ2n) is 4.97. The number of allylic oxidation sites excluding steroid dienone is 1. The first-order chi connectivity index (χ1) is 8.01. The second-order valence-corrected chi connectivity index (χ2v) is 4.97. The Labute approximate surface area is 101 Å². The molecule has 1 aliphatic rings. The third-order valence-electron chi connectivity index (χ3n) is 3.61. The zero-order chi connectivity index (χ0) is 12.5. The first-order valence-corrected chi connectivity index (χ1v) is 6.16. The second kappa shape index (κ2) is 4.59. The van der Waals surface area contributed by atoms with E-state index in [9.17, 15) is 8.78 Å². The monoisotopic (exact) mass is 236 g/mol. The summed E-state index contributed by atoms with van der Waals surface area (Å²) >= 11 is 0. The van der Waals surface area contributed by atoms with Crippen LogP contribution in [0.15, 0.2) is 30.8 Å². The molecule has 1 aliphatic carbocycles. The standard InChI is InChI=1S/C15H18F2/c1-11(2)12-6-5-9-14(10-12)15(16,17)13-7-3-4-8-13/h5-6,9-10,13H,1,3-4,7-8H2,2H3. The van der Waals surface area contributed by atoms with Crippen molar-refractivity contribution in [2.75, 3.05) is 0 Å². The molecule has 92 valence electrons. The number of halogens is 2. The van der Waals surface area contributed by atoms with Crippen LogP contribution in [-0.2, 0) is 5.92 Å². The molecule has 1 saturated carbocycles. The minimum Gasteiger partial charge on any atom is -0.201 e. The van der Waals surface area contributed by atoms with E-state index in [1.807, 2.05) is 13.0 Å². The zero-order valence-corrected chi connectivity index (χ0v) is 10.2. The van der Waals surface area contributed by atoms with Gasteiger partial charge in [0.25, 0.3) is 5.92 Å². The van der Waals surface area contributed by atoms with Crippen LogP contribution in [0.1, 0.15) is 43.7 Å². The van der Waals surface area contributed by atoms with Crippen LogP contribution in [0.3, 0.4) is 0 Å². The van der Waals surface area contributed by atoms with Crippen molar-refractivity contribution in [1.82, 2.24) is 0 Å². The molecule has 1 aromatic carbocycles. The van der Waals surface area contributed by atoms with Crippen LogP contribution in [0.5, 0.6) is 0 Å². The molecular formula is C15H18F2. The Kier molecular flexibility index (Phi) is 3.32. The maximum absolute atomic E-state index is 14.3. The molecule has 0 radical (unpaired) electrons. The van der Waals surface area contributed by atoms with E-state index in [0.717, 1.165) is 24.0 Å². The van der Waals surface area contributed by atoms with Gasteiger partial charge in [-0.25, -0.2) is 8.78 Å². The van der Waals surface area contributed by atoms with Crippen molar-refractivity contribution < 1.29 is 8.78 Å². The van der Waals surface area contributed by atoms with Gasteiger partial charge >= 0.3 is 0 Å². The lowest BCUT2D eigenvalue weighted by Gasteiger charge is -2.24. The van der Waals surface area contributed by atoms with Crippen molar-refractivity contribution in [3.05, 3.63) is 42.0 Å². The molecule has 1 fully saturated rings. The lowest BCUT2D eigenvalue weighted by atomic mass is 9.91. The van der Waals surface area contributed by atoms with Gasteiger partial charge in [-0.1, -0.05) is 43.2 Å². The molecule has 17 heavy (non-hydrogen) atoms. The molecule has 0 saturated heterocycles. The van der Waals surface area contributed by atoms with Gasteiger partial charge in [-0.05, 0) is 31.4 Å². The Morgan fingerprint density at radius 3 is 2.53 bits per heavy atom. The number of hydrogen-bond donors (Lipinski definition) is 0. The predicted molar refractivity (Wildman–Crippen MR) is 67.0 cm³/mol. The quantitative estimate of drug-likeness (QED) is 0.692. The summed E-state index contributed by atoms with van der Waals surface area (Å²) < 4.78 is 28.5. The van der Waals surface area contributed by atoms with Gasteiger partial charge in [0, 0.05) is 11.5 Å². The molecule has 0 aromatic heterocycles. The maximum atomic E-state index is 14.3. The predicted octanol–water partition coefficient (Wildman–Crippen LogP) is 5.00. The van der Waals surface area contributed by atoms with Crippen LogP contribution in [0.2, 0.25) is 0 Å². The highest BCUT2D eigenvalue weighted by Gasteiger charge is 2.42. The molecule has 2 heteroatoms. The summed E-state index contributed by atoms with van der Waals surface area (Å²) in [5.74, 6) is -3.18. The van der Waals surface area contributed by atoms with Crippen LogP contribution in [-0.4, -0.2) is 0 Å². The highest BCUT2D eigenvalue weighted by molar-refractivity contribution is 5.62. The molecule has 1 aromatic rings.